The zero-order valence-corrected chi connectivity index (χ0v) is 11.1. The van der Waals surface area contributed by atoms with E-state index >= 15 is 0 Å². The number of carbonyl (C=O) groups is 1. The van der Waals surface area contributed by atoms with Gasteiger partial charge in [-0.2, -0.15) is 0 Å². The van der Waals surface area contributed by atoms with Crippen LogP contribution in [-0.2, 0) is 12.1 Å². The third kappa shape index (κ3) is 3.05. The van der Waals surface area contributed by atoms with Gasteiger partial charge in [-0.15, -0.1) is 5.10 Å². The molecule has 0 radical (unpaired) electrons. The number of aliphatic hydroxyl groups is 1. The number of halogens is 2. The van der Waals surface area contributed by atoms with E-state index in [1.54, 1.807) is 30.3 Å². The van der Waals surface area contributed by atoms with Gasteiger partial charge in [-0.05, 0) is 12.5 Å². The van der Waals surface area contributed by atoms with Crippen LogP contribution in [0, 0.1) is 0 Å². The van der Waals surface area contributed by atoms with E-state index in [4.69, 9.17) is 5.11 Å². The Balaban J connectivity index is 2.38. The van der Waals surface area contributed by atoms with Crippen LogP contribution in [0.2, 0.25) is 0 Å². The Labute approximate surface area is 118 Å². The summed E-state index contributed by atoms with van der Waals surface area (Å²) in [5.41, 5.74) is -2.63. The average molecular weight is 297 g/mol. The zero-order valence-electron chi connectivity index (χ0n) is 11.1. The predicted octanol–water partition coefficient (Wildman–Crippen LogP) is 1.82. The van der Waals surface area contributed by atoms with Crippen molar-refractivity contribution in [3.63, 3.8) is 0 Å². The van der Waals surface area contributed by atoms with Crippen molar-refractivity contribution in [2.24, 2.45) is 0 Å². The highest BCUT2D eigenvalue weighted by atomic mass is 19.3. The minimum absolute atomic E-state index is 0.336. The smallest absolute Gasteiger partial charge is 0.358 e. The SMILES string of the molecule is CC(O)(Cn1nnc(C(=O)O)c1C(F)F)c1ccccc1. The van der Waals surface area contributed by atoms with Crippen molar-refractivity contribution in [3.8, 4) is 0 Å². The van der Waals surface area contributed by atoms with Gasteiger partial charge < -0.3 is 10.2 Å². The van der Waals surface area contributed by atoms with Gasteiger partial charge in [-0.3, -0.25) is 0 Å². The van der Waals surface area contributed by atoms with Gasteiger partial charge in [-0.25, -0.2) is 18.3 Å². The number of nitrogens with zero attached hydrogens (tertiary/aromatic N) is 3. The van der Waals surface area contributed by atoms with Crippen molar-refractivity contribution in [1.29, 1.82) is 0 Å². The van der Waals surface area contributed by atoms with Crippen LogP contribution in [-0.4, -0.2) is 31.2 Å². The van der Waals surface area contributed by atoms with Gasteiger partial charge in [0.2, 0.25) is 0 Å². The van der Waals surface area contributed by atoms with Crippen molar-refractivity contribution in [1.82, 2.24) is 15.0 Å². The maximum atomic E-state index is 13.0. The third-order valence-corrected chi connectivity index (χ3v) is 3.04. The molecule has 0 aliphatic rings. The fraction of sp³-hybridized carbons (Fsp3) is 0.308. The molecular weight excluding hydrogens is 284 g/mol. The van der Waals surface area contributed by atoms with Crippen LogP contribution in [0.5, 0.6) is 0 Å². The van der Waals surface area contributed by atoms with E-state index in [1.165, 1.54) is 6.92 Å². The van der Waals surface area contributed by atoms with Crippen LogP contribution in [0.15, 0.2) is 30.3 Å². The molecule has 1 aromatic heterocycles. The van der Waals surface area contributed by atoms with Gasteiger partial charge in [0, 0.05) is 0 Å². The first-order valence-electron chi connectivity index (χ1n) is 6.05. The second-order valence-electron chi connectivity index (χ2n) is 4.73. The van der Waals surface area contributed by atoms with Crippen LogP contribution >= 0.6 is 0 Å². The van der Waals surface area contributed by atoms with Crippen molar-refractivity contribution >= 4 is 5.97 Å². The molecule has 21 heavy (non-hydrogen) atoms. The zero-order chi connectivity index (χ0) is 15.6. The third-order valence-electron chi connectivity index (χ3n) is 3.04. The summed E-state index contributed by atoms with van der Waals surface area (Å²) in [6.45, 7) is 1.09. The summed E-state index contributed by atoms with van der Waals surface area (Å²) in [6.07, 6.45) is -3.06. The fourth-order valence-electron chi connectivity index (χ4n) is 1.99. The van der Waals surface area contributed by atoms with Gasteiger partial charge in [0.05, 0.1) is 6.54 Å². The molecule has 1 atom stereocenters. The first-order valence-corrected chi connectivity index (χ1v) is 6.05. The quantitative estimate of drug-likeness (QED) is 0.879. The molecule has 1 unspecified atom stereocenters. The molecule has 0 spiro atoms. The first-order chi connectivity index (χ1) is 9.83. The molecule has 6 nitrogen and oxygen atoms in total. The average Bonchev–Trinajstić information content (AvgIpc) is 2.83. The van der Waals surface area contributed by atoms with Crippen LogP contribution in [0.3, 0.4) is 0 Å². The highest BCUT2D eigenvalue weighted by Crippen LogP contribution is 2.27. The Morgan fingerprint density at radius 1 is 1.38 bits per heavy atom. The van der Waals surface area contributed by atoms with Crippen molar-refractivity contribution in [2.45, 2.75) is 25.5 Å². The summed E-state index contributed by atoms with van der Waals surface area (Å²) in [6, 6.07) is 8.42. The molecule has 112 valence electrons. The maximum Gasteiger partial charge on any atom is 0.358 e. The van der Waals surface area contributed by atoms with Gasteiger partial charge in [0.25, 0.3) is 6.43 Å². The molecule has 0 saturated carbocycles. The first kappa shape index (κ1) is 15.0. The number of hydrogen-bond acceptors (Lipinski definition) is 4. The van der Waals surface area contributed by atoms with E-state index in [9.17, 15) is 18.7 Å². The summed E-state index contributed by atoms with van der Waals surface area (Å²) in [4.78, 5) is 10.9. The predicted molar refractivity (Wildman–Crippen MR) is 68.0 cm³/mol. The molecule has 0 bridgehead atoms. The van der Waals surface area contributed by atoms with Crippen LogP contribution in [0.1, 0.15) is 35.1 Å². The Morgan fingerprint density at radius 3 is 2.52 bits per heavy atom. The summed E-state index contributed by atoms with van der Waals surface area (Å²) in [7, 11) is 0. The number of aromatic nitrogens is 3. The lowest BCUT2D eigenvalue weighted by molar-refractivity contribution is 0.0287. The maximum absolute atomic E-state index is 13.0. The number of rotatable bonds is 5. The number of hydrogen-bond donors (Lipinski definition) is 2. The lowest BCUT2D eigenvalue weighted by Crippen LogP contribution is -2.29. The molecule has 0 amide bonds. The van der Waals surface area contributed by atoms with Gasteiger partial charge in [0.1, 0.15) is 11.3 Å². The molecule has 8 heteroatoms. The Bertz CT molecular complexity index is 641. The molecule has 2 N–H and O–H groups in total. The summed E-state index contributed by atoms with van der Waals surface area (Å²) < 4.78 is 26.8. The number of benzene rings is 1. The molecule has 2 aromatic rings. The second-order valence-corrected chi connectivity index (χ2v) is 4.73. The molecule has 1 aromatic carbocycles. The number of alkyl halides is 2. The molecule has 0 saturated heterocycles. The van der Waals surface area contributed by atoms with E-state index in [0.29, 0.717) is 5.56 Å². The van der Waals surface area contributed by atoms with E-state index < -0.39 is 29.4 Å². The molecule has 1 heterocycles. The fourth-order valence-corrected chi connectivity index (χ4v) is 1.99. The van der Waals surface area contributed by atoms with Crippen molar-refractivity contribution in [2.75, 3.05) is 0 Å². The van der Waals surface area contributed by atoms with Crippen molar-refractivity contribution in [3.05, 3.63) is 47.3 Å². The van der Waals surface area contributed by atoms with Gasteiger partial charge in [-0.1, -0.05) is 35.5 Å². The van der Waals surface area contributed by atoms with E-state index in [2.05, 4.69) is 10.3 Å². The minimum atomic E-state index is -3.06. The van der Waals surface area contributed by atoms with Gasteiger partial charge >= 0.3 is 5.97 Å². The largest absolute Gasteiger partial charge is 0.476 e. The van der Waals surface area contributed by atoms with E-state index in [-0.39, 0.29) is 6.54 Å². The van der Waals surface area contributed by atoms with Crippen LogP contribution < -0.4 is 0 Å². The second kappa shape index (κ2) is 5.57. The molecule has 0 fully saturated rings. The Kier molecular flexibility index (Phi) is 3.99. The Hall–Kier alpha value is -2.35. The topological polar surface area (TPSA) is 88.2 Å². The highest BCUT2D eigenvalue weighted by molar-refractivity contribution is 5.86. The molecule has 2 rings (SSSR count). The lowest BCUT2D eigenvalue weighted by atomic mass is 9.96. The van der Waals surface area contributed by atoms with E-state index in [0.717, 1.165) is 4.68 Å². The van der Waals surface area contributed by atoms with Gasteiger partial charge in [0.15, 0.2) is 5.69 Å². The summed E-state index contributed by atoms with van der Waals surface area (Å²) in [5.74, 6) is -1.59. The highest BCUT2D eigenvalue weighted by Gasteiger charge is 2.31. The lowest BCUT2D eigenvalue weighted by Gasteiger charge is -2.24. The summed E-state index contributed by atoms with van der Waals surface area (Å²) in [5, 5.41) is 25.9. The van der Waals surface area contributed by atoms with Crippen LogP contribution in [0.25, 0.3) is 0 Å². The number of aromatic carboxylic acids is 1. The minimum Gasteiger partial charge on any atom is -0.476 e. The number of carboxylic acids is 1. The summed E-state index contributed by atoms with van der Waals surface area (Å²) >= 11 is 0. The Morgan fingerprint density at radius 2 is 2.00 bits per heavy atom. The normalized spacial score (nSPS) is 14.1. The monoisotopic (exact) mass is 297 g/mol. The molecule has 0 aliphatic heterocycles. The standard InChI is InChI=1S/C13H13F2N3O3/c1-13(21,8-5-3-2-4-6-8)7-18-10(11(14)15)9(12(19)20)16-17-18/h2-6,11,21H,7H2,1H3,(H,19,20). The number of carboxylic acid groups (broad SMARTS) is 1. The molecule has 0 aliphatic carbocycles. The van der Waals surface area contributed by atoms with Crippen molar-refractivity contribution < 1.29 is 23.8 Å². The van der Waals surface area contributed by atoms with E-state index in [1.807, 2.05) is 0 Å². The molecular formula is C13H13F2N3O3. The van der Waals surface area contributed by atoms with Crippen LogP contribution in [0.4, 0.5) is 8.78 Å².